The van der Waals surface area contributed by atoms with Crippen LogP contribution in [0.2, 0.25) is 0 Å². The van der Waals surface area contributed by atoms with Crippen molar-refractivity contribution in [3.8, 4) is 5.88 Å². The first-order chi connectivity index (χ1) is 13.0. The minimum absolute atomic E-state index is 0.0175. The minimum atomic E-state index is -0.0840. The van der Waals surface area contributed by atoms with Gasteiger partial charge >= 0.3 is 0 Å². The molecule has 0 fully saturated rings. The number of benzene rings is 1. The average molecular weight is 367 g/mol. The van der Waals surface area contributed by atoms with E-state index in [4.69, 9.17) is 4.74 Å². The molecule has 3 rings (SSSR count). The average Bonchev–Trinajstić information content (AvgIpc) is 3.03. The molecule has 0 aliphatic carbocycles. The van der Waals surface area contributed by atoms with Gasteiger partial charge in [-0.25, -0.2) is 0 Å². The summed E-state index contributed by atoms with van der Waals surface area (Å²) in [6.07, 6.45) is 0.878. The number of anilines is 2. The van der Waals surface area contributed by atoms with E-state index in [0.717, 1.165) is 22.9 Å². The van der Waals surface area contributed by atoms with E-state index < -0.39 is 0 Å². The first-order valence-electron chi connectivity index (χ1n) is 9.15. The molecule has 1 amide bonds. The summed E-state index contributed by atoms with van der Waals surface area (Å²) < 4.78 is 5.90. The number of rotatable bonds is 7. The summed E-state index contributed by atoms with van der Waals surface area (Å²) in [5.74, 6) is 1.72. The van der Waals surface area contributed by atoms with Gasteiger partial charge in [0.05, 0.1) is 6.10 Å². The fourth-order valence-corrected chi connectivity index (χ4v) is 2.70. The van der Waals surface area contributed by atoms with Crippen molar-refractivity contribution in [1.82, 2.24) is 20.5 Å². The highest BCUT2D eigenvalue weighted by Crippen LogP contribution is 2.29. The number of aryl methyl sites for hydroxylation is 1. The highest BCUT2D eigenvalue weighted by Gasteiger charge is 2.13. The van der Waals surface area contributed by atoms with Crippen molar-refractivity contribution in [2.45, 2.75) is 40.2 Å². The highest BCUT2D eigenvalue weighted by atomic mass is 16.5. The van der Waals surface area contributed by atoms with Gasteiger partial charge < -0.3 is 15.4 Å². The van der Waals surface area contributed by atoms with Gasteiger partial charge in [0.1, 0.15) is 5.82 Å². The molecule has 27 heavy (non-hydrogen) atoms. The molecule has 3 N–H and O–H groups in total. The van der Waals surface area contributed by atoms with Crippen molar-refractivity contribution < 1.29 is 9.53 Å². The molecule has 1 aromatic carbocycles. The molecule has 0 saturated heterocycles. The molecule has 7 nitrogen and oxygen atoms in total. The van der Waals surface area contributed by atoms with E-state index in [1.165, 1.54) is 0 Å². The lowest BCUT2D eigenvalue weighted by atomic mass is 10.1. The maximum Gasteiger partial charge on any atom is 0.251 e. The molecule has 0 atom stereocenters. The van der Waals surface area contributed by atoms with Gasteiger partial charge in [0.2, 0.25) is 5.88 Å². The van der Waals surface area contributed by atoms with Gasteiger partial charge in [-0.1, -0.05) is 6.92 Å². The quantitative estimate of drug-likeness (QED) is 0.588. The van der Waals surface area contributed by atoms with Crippen LogP contribution in [-0.2, 0) is 0 Å². The third-order valence-corrected chi connectivity index (χ3v) is 3.90. The summed E-state index contributed by atoms with van der Waals surface area (Å²) in [5, 5.41) is 14.9. The third kappa shape index (κ3) is 4.55. The van der Waals surface area contributed by atoms with E-state index in [9.17, 15) is 4.79 Å². The molecule has 0 bridgehead atoms. The number of ether oxygens (including phenoxy) is 1. The Morgan fingerprint density at radius 2 is 2.04 bits per heavy atom. The van der Waals surface area contributed by atoms with Crippen LogP contribution in [0, 0.1) is 6.92 Å². The topological polar surface area (TPSA) is 91.9 Å². The van der Waals surface area contributed by atoms with Crippen molar-refractivity contribution in [3.63, 3.8) is 0 Å². The van der Waals surface area contributed by atoms with E-state index in [-0.39, 0.29) is 12.0 Å². The van der Waals surface area contributed by atoms with Gasteiger partial charge in [-0.05, 0) is 56.8 Å². The second-order valence-corrected chi connectivity index (χ2v) is 6.73. The first kappa shape index (κ1) is 18.7. The second kappa shape index (κ2) is 8.07. The van der Waals surface area contributed by atoms with Gasteiger partial charge in [0, 0.05) is 29.3 Å². The zero-order chi connectivity index (χ0) is 19.4. The Hall–Kier alpha value is -3.09. The van der Waals surface area contributed by atoms with Crippen LogP contribution in [0.1, 0.15) is 43.2 Å². The van der Waals surface area contributed by atoms with Crippen LogP contribution in [0.5, 0.6) is 5.88 Å². The number of nitrogens with one attached hydrogen (secondary N) is 3. The maximum absolute atomic E-state index is 12.3. The molecular formula is C20H25N5O2. The standard InChI is InChI=1S/C20H25N5O2/c1-5-8-21-19(26)14-6-7-16-15(10-14)11-17(23-20(16)27-12(2)3)22-18-9-13(4)24-25-18/h6-7,9-12H,5,8H2,1-4H3,(H,21,26)(H2,22,23,24,25). The first-order valence-corrected chi connectivity index (χ1v) is 9.15. The molecule has 2 aromatic heterocycles. The molecule has 0 radical (unpaired) electrons. The minimum Gasteiger partial charge on any atom is -0.474 e. The lowest BCUT2D eigenvalue weighted by Crippen LogP contribution is -2.23. The molecule has 0 saturated carbocycles. The summed E-state index contributed by atoms with van der Waals surface area (Å²) in [5.41, 5.74) is 1.56. The lowest BCUT2D eigenvalue weighted by Gasteiger charge is -2.14. The molecule has 0 aliphatic rings. The zero-order valence-electron chi connectivity index (χ0n) is 16.1. The van der Waals surface area contributed by atoms with Gasteiger partial charge in [0.25, 0.3) is 5.91 Å². The predicted molar refractivity (Wildman–Crippen MR) is 107 cm³/mol. The van der Waals surface area contributed by atoms with Crippen molar-refractivity contribution >= 4 is 28.3 Å². The summed E-state index contributed by atoms with van der Waals surface area (Å²) >= 11 is 0. The third-order valence-electron chi connectivity index (χ3n) is 3.90. The number of aromatic amines is 1. The number of amides is 1. The molecular weight excluding hydrogens is 342 g/mol. The number of hydrogen-bond donors (Lipinski definition) is 3. The van der Waals surface area contributed by atoms with Gasteiger partial charge in [-0.3, -0.25) is 9.89 Å². The smallest absolute Gasteiger partial charge is 0.251 e. The highest BCUT2D eigenvalue weighted by molar-refractivity contribution is 6.00. The number of pyridine rings is 1. The summed E-state index contributed by atoms with van der Waals surface area (Å²) in [6.45, 7) is 8.52. The monoisotopic (exact) mass is 367 g/mol. The van der Waals surface area contributed by atoms with E-state index in [1.54, 1.807) is 6.07 Å². The van der Waals surface area contributed by atoms with Crippen LogP contribution < -0.4 is 15.4 Å². The van der Waals surface area contributed by atoms with Gasteiger partial charge in [-0.15, -0.1) is 0 Å². The summed E-state index contributed by atoms with van der Waals surface area (Å²) in [4.78, 5) is 16.9. The fourth-order valence-electron chi connectivity index (χ4n) is 2.70. The Morgan fingerprint density at radius 3 is 2.70 bits per heavy atom. The van der Waals surface area contributed by atoms with E-state index in [1.807, 2.05) is 52.0 Å². The summed E-state index contributed by atoms with van der Waals surface area (Å²) in [6, 6.07) is 9.32. The number of nitrogens with zero attached hydrogens (tertiary/aromatic N) is 2. The van der Waals surface area contributed by atoms with Crippen molar-refractivity contribution in [2.75, 3.05) is 11.9 Å². The Morgan fingerprint density at radius 1 is 1.22 bits per heavy atom. The Balaban J connectivity index is 2.00. The van der Waals surface area contributed by atoms with Crippen LogP contribution in [-0.4, -0.2) is 33.7 Å². The fraction of sp³-hybridized carbons (Fsp3) is 0.350. The van der Waals surface area contributed by atoms with E-state index >= 15 is 0 Å². The molecule has 2 heterocycles. The van der Waals surface area contributed by atoms with Crippen LogP contribution >= 0.6 is 0 Å². The molecule has 0 aliphatic heterocycles. The summed E-state index contributed by atoms with van der Waals surface area (Å²) in [7, 11) is 0. The number of H-pyrrole nitrogens is 1. The molecule has 0 spiro atoms. The number of fused-ring (bicyclic) bond motifs is 1. The number of aromatic nitrogens is 3. The van der Waals surface area contributed by atoms with Gasteiger partial charge in [0.15, 0.2) is 5.82 Å². The zero-order valence-corrected chi connectivity index (χ0v) is 16.1. The SMILES string of the molecule is CCCNC(=O)c1ccc2c(OC(C)C)nc(Nc3cc(C)[nH]n3)cc2c1. The lowest BCUT2D eigenvalue weighted by molar-refractivity contribution is 0.0953. The van der Waals surface area contributed by atoms with Crippen molar-refractivity contribution in [2.24, 2.45) is 0 Å². The van der Waals surface area contributed by atoms with Crippen molar-refractivity contribution in [1.29, 1.82) is 0 Å². The van der Waals surface area contributed by atoms with E-state index in [2.05, 4.69) is 25.8 Å². The number of hydrogen-bond acceptors (Lipinski definition) is 5. The van der Waals surface area contributed by atoms with Crippen LogP contribution in [0.4, 0.5) is 11.6 Å². The molecule has 3 aromatic rings. The molecule has 142 valence electrons. The van der Waals surface area contributed by atoms with Crippen LogP contribution in [0.15, 0.2) is 30.3 Å². The molecule has 7 heteroatoms. The maximum atomic E-state index is 12.3. The van der Waals surface area contributed by atoms with E-state index in [0.29, 0.717) is 29.6 Å². The predicted octanol–water partition coefficient (Wildman–Crippen LogP) is 3.94. The second-order valence-electron chi connectivity index (χ2n) is 6.73. The van der Waals surface area contributed by atoms with Crippen LogP contribution in [0.3, 0.4) is 0 Å². The normalized spacial score (nSPS) is 11.0. The number of carbonyl (C=O) groups is 1. The Kier molecular flexibility index (Phi) is 5.59. The van der Waals surface area contributed by atoms with Crippen LogP contribution in [0.25, 0.3) is 10.8 Å². The largest absolute Gasteiger partial charge is 0.474 e. The Labute approximate surface area is 158 Å². The Bertz CT molecular complexity index is 949. The molecule has 0 unspecified atom stereocenters. The van der Waals surface area contributed by atoms with Crippen molar-refractivity contribution in [3.05, 3.63) is 41.6 Å². The number of carbonyl (C=O) groups excluding carboxylic acids is 1. The van der Waals surface area contributed by atoms with Gasteiger partial charge in [-0.2, -0.15) is 10.1 Å².